The molecule has 0 bridgehead atoms. The Morgan fingerprint density at radius 3 is 2.46 bits per heavy atom. The molecule has 3 aromatic rings. The molecule has 0 saturated carbocycles. The van der Waals surface area contributed by atoms with Gasteiger partial charge in [0.2, 0.25) is 0 Å². The maximum atomic E-state index is 13.1. The highest BCUT2D eigenvalue weighted by Gasteiger charge is 2.30. The molecule has 1 aromatic heterocycles. The monoisotopic (exact) mass is 372 g/mol. The number of rotatable bonds is 3. The lowest BCUT2D eigenvalue weighted by atomic mass is 9.84. The molecule has 2 heterocycles. The van der Waals surface area contributed by atoms with Crippen molar-refractivity contribution < 1.29 is 14.3 Å². The van der Waals surface area contributed by atoms with Gasteiger partial charge in [-0.15, -0.1) is 0 Å². The van der Waals surface area contributed by atoms with Gasteiger partial charge in [-0.1, -0.05) is 54.6 Å². The zero-order chi connectivity index (χ0) is 19.5. The molecule has 0 spiro atoms. The maximum absolute atomic E-state index is 13.1. The van der Waals surface area contributed by atoms with Crippen LogP contribution in [0.1, 0.15) is 43.5 Å². The summed E-state index contributed by atoms with van der Waals surface area (Å²) < 4.78 is 4.68. The summed E-state index contributed by atoms with van der Waals surface area (Å²) in [4.78, 5) is 30.7. The van der Waals surface area contributed by atoms with Crippen molar-refractivity contribution in [2.75, 3.05) is 13.7 Å². The Hall–Kier alpha value is -3.47. The highest BCUT2D eigenvalue weighted by molar-refractivity contribution is 5.94. The molecule has 4 rings (SSSR count). The minimum Gasteiger partial charge on any atom is -0.465 e. The first kappa shape index (κ1) is 17.9. The van der Waals surface area contributed by atoms with Crippen LogP contribution in [0.15, 0.2) is 72.9 Å². The van der Waals surface area contributed by atoms with Gasteiger partial charge in [-0.25, -0.2) is 4.79 Å². The predicted molar refractivity (Wildman–Crippen MR) is 105 cm³/mol. The minimum atomic E-state index is -0.470. The van der Waals surface area contributed by atoms with Crippen LogP contribution in [-0.2, 0) is 11.3 Å². The average molecular weight is 372 g/mol. The molecule has 0 unspecified atom stereocenters. The minimum absolute atomic E-state index is 0.115. The van der Waals surface area contributed by atoms with Crippen molar-refractivity contribution in [2.24, 2.45) is 0 Å². The third-order valence-corrected chi connectivity index (χ3v) is 5.09. The summed E-state index contributed by atoms with van der Waals surface area (Å²) in [7, 11) is 1.32. The van der Waals surface area contributed by atoms with Crippen molar-refractivity contribution in [3.05, 3.63) is 101 Å². The maximum Gasteiger partial charge on any atom is 0.339 e. The molecule has 0 fully saturated rings. The Bertz CT molecular complexity index is 1000. The Balaban J connectivity index is 1.64. The molecule has 0 saturated heterocycles. The van der Waals surface area contributed by atoms with Gasteiger partial charge < -0.3 is 9.64 Å². The Labute approximate surface area is 163 Å². The van der Waals surface area contributed by atoms with Crippen molar-refractivity contribution in [2.45, 2.75) is 12.5 Å². The number of esters is 1. The molecule has 0 N–H and O–H groups in total. The molecule has 2 aromatic carbocycles. The second-order valence-corrected chi connectivity index (χ2v) is 6.77. The van der Waals surface area contributed by atoms with E-state index in [1.807, 2.05) is 35.2 Å². The van der Waals surface area contributed by atoms with Crippen molar-refractivity contribution in [3.63, 3.8) is 0 Å². The number of methoxy groups -OCH3 is 1. The van der Waals surface area contributed by atoms with Crippen LogP contribution in [0.4, 0.5) is 0 Å². The third kappa shape index (κ3) is 3.39. The number of nitrogens with zero attached hydrogens (tertiary/aromatic N) is 2. The number of hydrogen-bond donors (Lipinski definition) is 0. The number of fused-ring (bicyclic) bond motifs is 1. The van der Waals surface area contributed by atoms with Gasteiger partial charge in [0.1, 0.15) is 5.69 Å². The smallest absolute Gasteiger partial charge is 0.339 e. The second kappa shape index (κ2) is 7.64. The van der Waals surface area contributed by atoms with Crippen molar-refractivity contribution in [3.8, 4) is 0 Å². The van der Waals surface area contributed by atoms with Crippen LogP contribution in [-0.4, -0.2) is 35.4 Å². The summed E-state index contributed by atoms with van der Waals surface area (Å²) >= 11 is 0. The molecule has 28 heavy (non-hydrogen) atoms. The number of aromatic nitrogens is 1. The van der Waals surface area contributed by atoms with E-state index >= 15 is 0 Å². The lowest BCUT2D eigenvalue weighted by Crippen LogP contribution is -2.39. The quantitative estimate of drug-likeness (QED) is 0.659. The molecule has 0 aliphatic carbocycles. The van der Waals surface area contributed by atoms with E-state index in [9.17, 15) is 9.59 Å². The van der Waals surface area contributed by atoms with E-state index < -0.39 is 5.97 Å². The highest BCUT2D eigenvalue weighted by atomic mass is 16.5. The predicted octanol–water partition coefficient (Wildman–Crippen LogP) is 3.66. The molecule has 1 atom stereocenters. The lowest BCUT2D eigenvalue weighted by molar-refractivity contribution is 0.0598. The van der Waals surface area contributed by atoms with Gasteiger partial charge in [0.15, 0.2) is 0 Å². The Kier molecular flexibility index (Phi) is 4.89. The van der Waals surface area contributed by atoms with Crippen molar-refractivity contribution in [1.82, 2.24) is 9.88 Å². The first-order chi connectivity index (χ1) is 13.7. The summed E-state index contributed by atoms with van der Waals surface area (Å²) in [5, 5.41) is 0. The van der Waals surface area contributed by atoms with E-state index in [-0.39, 0.29) is 11.8 Å². The van der Waals surface area contributed by atoms with Gasteiger partial charge in [0.05, 0.1) is 12.7 Å². The molecule has 1 aliphatic heterocycles. The Morgan fingerprint density at radius 1 is 1.00 bits per heavy atom. The number of hydrogen-bond acceptors (Lipinski definition) is 4. The number of benzene rings is 2. The SMILES string of the molecule is COC(=O)c1ccc(C(=O)N2Cc3ccccc3[C@@H](c3ccccc3)C2)nc1. The molecular weight excluding hydrogens is 352 g/mol. The molecule has 0 radical (unpaired) electrons. The van der Waals surface area contributed by atoms with Gasteiger partial charge in [0.25, 0.3) is 5.91 Å². The Morgan fingerprint density at radius 2 is 1.75 bits per heavy atom. The fourth-order valence-corrected chi connectivity index (χ4v) is 3.65. The van der Waals surface area contributed by atoms with Gasteiger partial charge in [-0.3, -0.25) is 9.78 Å². The summed E-state index contributed by atoms with van der Waals surface area (Å²) in [5.74, 6) is -0.501. The van der Waals surface area contributed by atoms with Gasteiger partial charge >= 0.3 is 5.97 Å². The molecule has 5 heteroatoms. The number of amides is 1. The lowest BCUT2D eigenvalue weighted by Gasteiger charge is -2.35. The third-order valence-electron chi connectivity index (χ3n) is 5.09. The zero-order valence-corrected chi connectivity index (χ0v) is 15.5. The molecule has 140 valence electrons. The normalized spacial score (nSPS) is 15.6. The standard InChI is InChI=1S/C23H20N2O3/c1-28-23(27)17-11-12-21(24-13-17)22(26)25-14-18-9-5-6-10-19(18)20(15-25)16-7-3-2-4-8-16/h2-13,20H,14-15H2,1H3/t20-/m1/s1. The van der Waals surface area contributed by atoms with Crippen LogP contribution in [0.5, 0.6) is 0 Å². The van der Waals surface area contributed by atoms with Crippen LogP contribution >= 0.6 is 0 Å². The average Bonchev–Trinajstić information content (AvgIpc) is 2.78. The topological polar surface area (TPSA) is 59.5 Å². The van der Waals surface area contributed by atoms with Crippen molar-refractivity contribution >= 4 is 11.9 Å². The van der Waals surface area contributed by atoms with Crippen molar-refractivity contribution in [1.29, 1.82) is 0 Å². The van der Waals surface area contributed by atoms with Crippen LogP contribution in [0.25, 0.3) is 0 Å². The molecule has 1 amide bonds. The van der Waals surface area contributed by atoms with Crippen LogP contribution in [0.3, 0.4) is 0 Å². The molecule has 5 nitrogen and oxygen atoms in total. The van der Waals surface area contributed by atoms with Gasteiger partial charge in [0, 0.05) is 25.2 Å². The fourth-order valence-electron chi connectivity index (χ4n) is 3.65. The summed E-state index contributed by atoms with van der Waals surface area (Å²) in [6.07, 6.45) is 1.38. The first-order valence-electron chi connectivity index (χ1n) is 9.14. The van der Waals surface area contributed by atoms with Gasteiger partial charge in [-0.05, 0) is 28.8 Å². The number of pyridine rings is 1. The number of carbonyl (C=O) groups is 2. The van der Waals surface area contributed by atoms with Crippen LogP contribution < -0.4 is 0 Å². The van der Waals surface area contributed by atoms with E-state index in [1.165, 1.54) is 24.4 Å². The summed E-state index contributed by atoms with van der Waals surface area (Å²) in [6.45, 7) is 1.12. The fraction of sp³-hybridized carbons (Fsp3) is 0.174. The first-order valence-corrected chi connectivity index (χ1v) is 9.14. The second-order valence-electron chi connectivity index (χ2n) is 6.77. The van der Waals surface area contributed by atoms with E-state index in [1.54, 1.807) is 12.1 Å². The zero-order valence-electron chi connectivity index (χ0n) is 15.5. The van der Waals surface area contributed by atoms with Gasteiger partial charge in [-0.2, -0.15) is 0 Å². The molecule has 1 aliphatic rings. The summed E-state index contributed by atoms with van der Waals surface area (Å²) in [5.41, 5.74) is 4.22. The molecular formula is C23H20N2O3. The largest absolute Gasteiger partial charge is 0.465 e. The van der Waals surface area contributed by atoms with E-state index in [4.69, 9.17) is 0 Å². The van der Waals surface area contributed by atoms with E-state index in [0.29, 0.717) is 24.3 Å². The van der Waals surface area contributed by atoms with E-state index in [0.717, 1.165) is 5.56 Å². The highest BCUT2D eigenvalue weighted by Crippen LogP contribution is 2.33. The van der Waals surface area contributed by atoms with Crippen LogP contribution in [0, 0.1) is 0 Å². The van der Waals surface area contributed by atoms with E-state index in [2.05, 4.69) is 34.0 Å². The number of ether oxygens (including phenoxy) is 1. The summed E-state index contributed by atoms with van der Waals surface area (Å²) in [6, 6.07) is 21.6. The van der Waals surface area contributed by atoms with Crippen LogP contribution in [0.2, 0.25) is 0 Å². The number of carbonyl (C=O) groups excluding carboxylic acids is 2.